The summed E-state index contributed by atoms with van der Waals surface area (Å²) >= 11 is 1.50. The molecule has 0 radical (unpaired) electrons. The summed E-state index contributed by atoms with van der Waals surface area (Å²) in [6.45, 7) is 2.04. The molecule has 0 bridgehead atoms. The first-order chi connectivity index (χ1) is 13.7. The SMILES string of the molecule is Cc1cccn2cc(-c3ccccc3NC(=O)c3cc4ccccc4s3)nc12. The number of nitrogens with one attached hydrogen (secondary N) is 1. The first kappa shape index (κ1) is 16.7. The summed E-state index contributed by atoms with van der Waals surface area (Å²) in [6.07, 6.45) is 3.98. The number of carbonyl (C=O) groups excluding carboxylic acids is 1. The van der Waals surface area contributed by atoms with Crippen LogP contribution in [0.4, 0.5) is 5.69 Å². The number of benzene rings is 2. The fourth-order valence-corrected chi connectivity index (χ4v) is 4.33. The number of para-hydroxylation sites is 1. The number of aromatic nitrogens is 2. The summed E-state index contributed by atoms with van der Waals surface area (Å²) < 4.78 is 3.12. The molecule has 3 aromatic heterocycles. The number of nitrogens with zero attached hydrogens (tertiary/aromatic N) is 2. The molecule has 0 aliphatic rings. The van der Waals surface area contributed by atoms with Crippen molar-refractivity contribution >= 4 is 38.7 Å². The molecule has 0 saturated heterocycles. The highest BCUT2D eigenvalue weighted by Crippen LogP contribution is 2.30. The van der Waals surface area contributed by atoms with E-state index in [9.17, 15) is 4.79 Å². The topological polar surface area (TPSA) is 46.4 Å². The minimum absolute atomic E-state index is 0.103. The summed E-state index contributed by atoms with van der Waals surface area (Å²) in [7, 11) is 0. The number of carbonyl (C=O) groups is 1. The van der Waals surface area contributed by atoms with Crippen molar-refractivity contribution < 1.29 is 4.79 Å². The van der Waals surface area contributed by atoms with Crippen molar-refractivity contribution in [2.75, 3.05) is 5.32 Å². The van der Waals surface area contributed by atoms with E-state index in [1.165, 1.54) is 11.3 Å². The van der Waals surface area contributed by atoms with Crippen LogP contribution in [0.1, 0.15) is 15.2 Å². The summed E-state index contributed by atoms with van der Waals surface area (Å²) in [5.41, 5.74) is 4.52. The van der Waals surface area contributed by atoms with Gasteiger partial charge in [0.2, 0.25) is 0 Å². The second-order valence-electron chi connectivity index (χ2n) is 6.70. The van der Waals surface area contributed by atoms with Gasteiger partial charge in [0.05, 0.1) is 16.3 Å². The molecule has 0 atom stereocenters. The molecular weight excluding hydrogens is 366 g/mol. The van der Waals surface area contributed by atoms with Gasteiger partial charge in [-0.3, -0.25) is 4.79 Å². The Labute approximate surface area is 166 Å². The second kappa shape index (κ2) is 6.62. The van der Waals surface area contributed by atoms with Crippen LogP contribution in [0.15, 0.2) is 79.1 Å². The molecule has 0 fully saturated rings. The summed E-state index contributed by atoms with van der Waals surface area (Å²) in [4.78, 5) is 18.3. The third-order valence-electron chi connectivity index (χ3n) is 4.78. The Morgan fingerprint density at radius 3 is 2.71 bits per heavy atom. The molecule has 0 saturated carbocycles. The molecule has 1 amide bonds. The maximum Gasteiger partial charge on any atom is 0.265 e. The second-order valence-corrected chi connectivity index (χ2v) is 7.78. The van der Waals surface area contributed by atoms with Crippen LogP contribution >= 0.6 is 11.3 Å². The highest BCUT2D eigenvalue weighted by atomic mass is 32.1. The number of hydrogen-bond donors (Lipinski definition) is 1. The summed E-state index contributed by atoms with van der Waals surface area (Å²) in [5, 5.41) is 4.15. The van der Waals surface area contributed by atoms with Crippen LogP contribution < -0.4 is 5.32 Å². The molecule has 0 aliphatic carbocycles. The van der Waals surface area contributed by atoms with E-state index >= 15 is 0 Å². The minimum atomic E-state index is -0.103. The number of rotatable bonds is 3. The van der Waals surface area contributed by atoms with Crippen molar-refractivity contribution in [3.63, 3.8) is 0 Å². The molecular formula is C23H17N3OS. The van der Waals surface area contributed by atoms with Gasteiger partial charge in [-0.05, 0) is 42.1 Å². The molecule has 5 rings (SSSR count). The molecule has 0 spiro atoms. The zero-order valence-corrected chi connectivity index (χ0v) is 16.0. The zero-order valence-electron chi connectivity index (χ0n) is 15.2. The van der Waals surface area contributed by atoms with Gasteiger partial charge in [-0.1, -0.05) is 42.5 Å². The van der Waals surface area contributed by atoms with E-state index in [0.717, 1.165) is 38.2 Å². The predicted molar refractivity (Wildman–Crippen MR) is 115 cm³/mol. The Kier molecular flexibility index (Phi) is 3.95. The highest BCUT2D eigenvalue weighted by molar-refractivity contribution is 7.20. The van der Waals surface area contributed by atoms with E-state index in [1.54, 1.807) is 0 Å². The van der Waals surface area contributed by atoms with E-state index < -0.39 is 0 Å². The molecule has 2 aromatic carbocycles. The van der Waals surface area contributed by atoms with Crippen molar-refractivity contribution in [3.05, 3.63) is 89.6 Å². The van der Waals surface area contributed by atoms with Gasteiger partial charge in [0.15, 0.2) is 0 Å². The van der Waals surface area contributed by atoms with Crippen LogP contribution in [0.3, 0.4) is 0 Å². The van der Waals surface area contributed by atoms with Gasteiger partial charge in [0, 0.05) is 22.7 Å². The van der Waals surface area contributed by atoms with Crippen molar-refractivity contribution in [3.8, 4) is 11.3 Å². The predicted octanol–water partition coefficient (Wildman–Crippen LogP) is 5.78. The summed E-state index contributed by atoms with van der Waals surface area (Å²) in [6, 6.07) is 21.8. The Morgan fingerprint density at radius 1 is 1.04 bits per heavy atom. The average Bonchev–Trinajstić information content (AvgIpc) is 3.33. The molecule has 28 heavy (non-hydrogen) atoms. The van der Waals surface area contributed by atoms with Gasteiger partial charge in [-0.2, -0.15) is 0 Å². The first-order valence-corrected chi connectivity index (χ1v) is 9.84. The van der Waals surface area contributed by atoms with E-state index in [2.05, 4.69) is 5.32 Å². The van der Waals surface area contributed by atoms with Crippen molar-refractivity contribution in [1.29, 1.82) is 0 Å². The number of fused-ring (bicyclic) bond motifs is 2. The lowest BCUT2D eigenvalue weighted by atomic mass is 10.1. The summed E-state index contributed by atoms with van der Waals surface area (Å²) in [5.74, 6) is -0.103. The number of thiophene rings is 1. The van der Waals surface area contributed by atoms with Gasteiger partial charge < -0.3 is 9.72 Å². The Bertz CT molecular complexity index is 1300. The highest BCUT2D eigenvalue weighted by Gasteiger charge is 2.15. The Balaban J connectivity index is 1.52. The fraction of sp³-hybridized carbons (Fsp3) is 0.0435. The van der Waals surface area contributed by atoms with E-state index in [4.69, 9.17) is 4.98 Å². The van der Waals surface area contributed by atoms with Crippen molar-refractivity contribution in [2.24, 2.45) is 0 Å². The van der Waals surface area contributed by atoms with Gasteiger partial charge in [-0.25, -0.2) is 4.98 Å². The van der Waals surface area contributed by atoms with Crippen LogP contribution in [0, 0.1) is 6.92 Å². The lowest BCUT2D eigenvalue weighted by Crippen LogP contribution is -2.10. The Hall–Kier alpha value is -3.44. The van der Waals surface area contributed by atoms with Gasteiger partial charge >= 0.3 is 0 Å². The monoisotopic (exact) mass is 383 g/mol. The van der Waals surface area contributed by atoms with Gasteiger partial charge in [0.1, 0.15) is 5.65 Å². The lowest BCUT2D eigenvalue weighted by Gasteiger charge is -2.08. The molecule has 0 unspecified atom stereocenters. The van der Waals surface area contributed by atoms with Crippen LogP contribution in [0.2, 0.25) is 0 Å². The standard InChI is InChI=1S/C23H17N3OS/c1-15-7-6-12-26-14-19(24-22(15)26)17-9-3-4-10-18(17)25-23(27)21-13-16-8-2-5-11-20(16)28-21/h2-14H,1H3,(H,25,27). The molecule has 5 aromatic rings. The molecule has 3 heterocycles. The van der Waals surface area contributed by atoms with Crippen LogP contribution in [0.5, 0.6) is 0 Å². The third kappa shape index (κ3) is 2.86. The smallest absolute Gasteiger partial charge is 0.265 e. The number of amides is 1. The lowest BCUT2D eigenvalue weighted by molar-refractivity contribution is 0.103. The number of pyridine rings is 1. The van der Waals surface area contributed by atoms with E-state index in [0.29, 0.717) is 4.88 Å². The number of anilines is 1. The maximum absolute atomic E-state index is 12.9. The first-order valence-electron chi connectivity index (χ1n) is 9.03. The maximum atomic E-state index is 12.9. The third-order valence-corrected chi connectivity index (χ3v) is 5.89. The van der Waals surface area contributed by atoms with E-state index in [1.807, 2.05) is 90.4 Å². The molecule has 1 N–H and O–H groups in total. The largest absolute Gasteiger partial charge is 0.321 e. The number of hydrogen-bond acceptors (Lipinski definition) is 3. The van der Waals surface area contributed by atoms with Crippen LogP contribution in [-0.2, 0) is 0 Å². The molecule has 136 valence electrons. The van der Waals surface area contributed by atoms with Crippen molar-refractivity contribution in [1.82, 2.24) is 9.38 Å². The number of imidazole rings is 1. The molecule has 5 heteroatoms. The molecule has 0 aliphatic heterocycles. The van der Waals surface area contributed by atoms with Crippen LogP contribution in [0.25, 0.3) is 27.0 Å². The van der Waals surface area contributed by atoms with Crippen molar-refractivity contribution in [2.45, 2.75) is 6.92 Å². The Morgan fingerprint density at radius 2 is 1.86 bits per heavy atom. The average molecular weight is 383 g/mol. The minimum Gasteiger partial charge on any atom is -0.321 e. The fourth-order valence-electron chi connectivity index (χ4n) is 3.38. The van der Waals surface area contributed by atoms with Gasteiger partial charge in [-0.15, -0.1) is 11.3 Å². The van der Waals surface area contributed by atoms with Crippen LogP contribution in [-0.4, -0.2) is 15.3 Å². The molecule has 4 nitrogen and oxygen atoms in total. The zero-order chi connectivity index (χ0) is 19.1. The van der Waals surface area contributed by atoms with Gasteiger partial charge in [0.25, 0.3) is 5.91 Å². The normalized spacial score (nSPS) is 11.2. The quantitative estimate of drug-likeness (QED) is 0.429. The van der Waals surface area contributed by atoms with E-state index in [-0.39, 0.29) is 5.91 Å². The number of aryl methyl sites for hydroxylation is 1.